The molecule has 5 heteroatoms. The number of anilines is 1. The maximum absolute atomic E-state index is 11.4. The lowest BCUT2D eigenvalue weighted by atomic mass is 10.3. The molecule has 0 saturated carbocycles. The molecule has 0 bridgehead atoms. The lowest BCUT2D eigenvalue weighted by Crippen LogP contribution is -2.06. The average Bonchev–Trinajstić information content (AvgIpc) is 2.15. The second-order valence-electron chi connectivity index (χ2n) is 2.46. The highest BCUT2D eigenvalue weighted by molar-refractivity contribution is 7.87. The van der Waals surface area contributed by atoms with Gasteiger partial charge >= 0.3 is 0 Å². The highest BCUT2D eigenvalue weighted by Gasteiger charge is 2.16. The van der Waals surface area contributed by atoms with E-state index in [1.165, 1.54) is 18.2 Å². The third-order valence-electron chi connectivity index (χ3n) is 1.47. The number of hydrogen-bond acceptors (Lipinski definition) is 4. The van der Waals surface area contributed by atoms with E-state index in [-0.39, 0.29) is 10.6 Å². The van der Waals surface area contributed by atoms with Gasteiger partial charge in [0.25, 0.3) is 10.1 Å². The summed E-state index contributed by atoms with van der Waals surface area (Å²) in [6, 6.07) is 6.08. The van der Waals surface area contributed by atoms with Crippen LogP contribution in [0.3, 0.4) is 0 Å². The van der Waals surface area contributed by atoms with Crippen LogP contribution in [-0.4, -0.2) is 8.42 Å². The highest BCUT2D eigenvalue weighted by Crippen LogP contribution is 2.19. The molecule has 0 aromatic heterocycles. The van der Waals surface area contributed by atoms with E-state index in [2.05, 4.69) is 10.8 Å². The molecular formula is C9H10NO3S. The van der Waals surface area contributed by atoms with E-state index >= 15 is 0 Å². The molecule has 0 fully saturated rings. The summed E-state index contributed by atoms with van der Waals surface area (Å²) in [5.41, 5.74) is 5.64. The number of hydrogen-bond donors (Lipinski definition) is 1. The molecule has 1 aromatic rings. The summed E-state index contributed by atoms with van der Waals surface area (Å²) in [6.07, 6.45) is 1.23. The van der Waals surface area contributed by atoms with Crippen LogP contribution >= 0.6 is 0 Å². The average molecular weight is 212 g/mol. The predicted octanol–water partition coefficient (Wildman–Crippen LogP) is 1.32. The number of benzene rings is 1. The van der Waals surface area contributed by atoms with E-state index in [1.54, 1.807) is 12.1 Å². The van der Waals surface area contributed by atoms with Crippen molar-refractivity contribution < 1.29 is 12.6 Å². The van der Waals surface area contributed by atoms with Gasteiger partial charge in [-0.15, -0.1) is 6.58 Å². The molecule has 0 saturated heterocycles. The number of nitrogens with two attached hydrogens (primary N) is 1. The molecule has 0 aliphatic rings. The predicted molar refractivity (Wildman–Crippen MR) is 53.6 cm³/mol. The van der Waals surface area contributed by atoms with Crippen LogP contribution in [0.1, 0.15) is 0 Å². The highest BCUT2D eigenvalue weighted by atomic mass is 32.2. The number of nitrogen functional groups attached to an aromatic ring is 1. The van der Waals surface area contributed by atoms with Crippen molar-refractivity contribution in [2.24, 2.45) is 0 Å². The van der Waals surface area contributed by atoms with Crippen molar-refractivity contribution in [3.8, 4) is 0 Å². The van der Waals surface area contributed by atoms with E-state index in [0.717, 1.165) is 6.61 Å². The van der Waals surface area contributed by atoms with Crippen molar-refractivity contribution in [2.45, 2.75) is 4.90 Å². The number of para-hydroxylation sites is 1. The smallest absolute Gasteiger partial charge is 0.299 e. The Labute approximate surface area is 83.1 Å². The third kappa shape index (κ3) is 2.34. The molecule has 0 amide bonds. The zero-order valence-corrected chi connectivity index (χ0v) is 8.20. The molecular weight excluding hydrogens is 202 g/mol. The van der Waals surface area contributed by atoms with Crippen molar-refractivity contribution in [3.63, 3.8) is 0 Å². The summed E-state index contributed by atoms with van der Waals surface area (Å²) >= 11 is 0. The van der Waals surface area contributed by atoms with E-state index in [1.807, 2.05) is 0 Å². The van der Waals surface area contributed by atoms with Crippen molar-refractivity contribution in [1.82, 2.24) is 0 Å². The SMILES string of the molecule is C=C[CH]OS(=O)(=O)c1ccccc1N. The van der Waals surface area contributed by atoms with Gasteiger partial charge in [-0.05, 0) is 12.1 Å². The lowest BCUT2D eigenvalue weighted by molar-refractivity contribution is 0.412. The minimum absolute atomic E-state index is 0.0434. The van der Waals surface area contributed by atoms with Crippen molar-refractivity contribution in [3.05, 3.63) is 43.5 Å². The Bertz CT molecular complexity index is 425. The van der Waals surface area contributed by atoms with Gasteiger partial charge in [-0.3, -0.25) is 4.18 Å². The topological polar surface area (TPSA) is 69.4 Å². The van der Waals surface area contributed by atoms with E-state index in [9.17, 15) is 8.42 Å². The van der Waals surface area contributed by atoms with Crippen LogP contribution in [-0.2, 0) is 14.3 Å². The molecule has 0 aliphatic heterocycles. The van der Waals surface area contributed by atoms with E-state index < -0.39 is 10.1 Å². The molecule has 0 heterocycles. The Kier molecular flexibility index (Phi) is 3.27. The fraction of sp³-hybridized carbons (Fsp3) is 0. The molecule has 0 aliphatic carbocycles. The fourth-order valence-electron chi connectivity index (χ4n) is 0.872. The summed E-state index contributed by atoms with van der Waals surface area (Å²) in [5.74, 6) is 0. The first-order valence-electron chi connectivity index (χ1n) is 3.80. The summed E-state index contributed by atoms with van der Waals surface area (Å²) in [5, 5.41) is 0. The van der Waals surface area contributed by atoms with Gasteiger partial charge in [0.1, 0.15) is 11.5 Å². The molecule has 1 rings (SSSR count). The zero-order chi connectivity index (χ0) is 10.6. The van der Waals surface area contributed by atoms with E-state index in [4.69, 9.17) is 5.73 Å². The molecule has 75 valence electrons. The van der Waals surface area contributed by atoms with Crippen LogP contribution in [0.5, 0.6) is 0 Å². The molecule has 4 nitrogen and oxygen atoms in total. The van der Waals surface area contributed by atoms with Gasteiger partial charge in [0, 0.05) is 0 Å². The fourth-order valence-corrected chi connectivity index (χ4v) is 1.80. The lowest BCUT2D eigenvalue weighted by Gasteiger charge is -2.05. The molecule has 0 atom stereocenters. The summed E-state index contributed by atoms with van der Waals surface area (Å²) in [6.45, 7) is 4.29. The zero-order valence-electron chi connectivity index (χ0n) is 7.38. The summed E-state index contributed by atoms with van der Waals surface area (Å²) in [7, 11) is -3.80. The molecule has 0 unspecified atom stereocenters. The van der Waals surface area contributed by atoms with Crippen LogP contribution in [0.4, 0.5) is 5.69 Å². The van der Waals surface area contributed by atoms with Crippen LogP contribution in [0.25, 0.3) is 0 Å². The molecule has 1 radical (unpaired) electrons. The molecule has 2 N–H and O–H groups in total. The Morgan fingerprint density at radius 3 is 2.57 bits per heavy atom. The maximum Gasteiger partial charge on any atom is 0.299 e. The third-order valence-corrected chi connectivity index (χ3v) is 2.74. The molecule has 1 aromatic carbocycles. The Hall–Kier alpha value is -1.33. The Morgan fingerprint density at radius 2 is 2.00 bits per heavy atom. The maximum atomic E-state index is 11.4. The first kappa shape index (κ1) is 10.7. The summed E-state index contributed by atoms with van der Waals surface area (Å²) in [4.78, 5) is -0.0434. The van der Waals surface area contributed by atoms with Gasteiger partial charge < -0.3 is 5.73 Å². The Balaban J connectivity index is 3.04. The quantitative estimate of drug-likeness (QED) is 0.603. The van der Waals surface area contributed by atoms with Gasteiger partial charge in [0.2, 0.25) is 0 Å². The van der Waals surface area contributed by atoms with E-state index in [0.29, 0.717) is 0 Å². The second kappa shape index (κ2) is 4.26. The van der Waals surface area contributed by atoms with Crippen LogP contribution < -0.4 is 5.73 Å². The van der Waals surface area contributed by atoms with Crippen molar-refractivity contribution >= 4 is 15.8 Å². The minimum atomic E-state index is -3.80. The number of rotatable bonds is 4. The van der Waals surface area contributed by atoms with Gasteiger partial charge in [-0.1, -0.05) is 18.2 Å². The molecule has 14 heavy (non-hydrogen) atoms. The normalized spacial score (nSPS) is 11.1. The standard InChI is InChI=1S/C9H10NO3S/c1-2-7-13-14(11,12)9-6-4-3-5-8(9)10/h2-7H,1,10H2. The second-order valence-corrected chi connectivity index (χ2v) is 4.00. The van der Waals surface area contributed by atoms with Gasteiger partial charge in [-0.2, -0.15) is 8.42 Å². The largest absolute Gasteiger partial charge is 0.398 e. The van der Waals surface area contributed by atoms with Crippen LogP contribution in [0.15, 0.2) is 41.8 Å². The van der Waals surface area contributed by atoms with Gasteiger partial charge in [-0.25, -0.2) is 0 Å². The van der Waals surface area contributed by atoms with Crippen LogP contribution in [0.2, 0.25) is 0 Å². The first-order valence-corrected chi connectivity index (χ1v) is 5.21. The molecule has 0 spiro atoms. The minimum Gasteiger partial charge on any atom is -0.398 e. The first-order chi connectivity index (χ1) is 6.58. The van der Waals surface area contributed by atoms with Gasteiger partial charge in [0.15, 0.2) is 0 Å². The van der Waals surface area contributed by atoms with Crippen molar-refractivity contribution in [1.29, 1.82) is 0 Å². The van der Waals surface area contributed by atoms with Crippen LogP contribution in [0, 0.1) is 6.61 Å². The van der Waals surface area contributed by atoms with Crippen molar-refractivity contribution in [2.75, 3.05) is 5.73 Å². The Morgan fingerprint density at radius 1 is 1.36 bits per heavy atom. The monoisotopic (exact) mass is 212 g/mol. The summed E-state index contributed by atoms with van der Waals surface area (Å²) < 4.78 is 27.4. The van der Waals surface area contributed by atoms with Gasteiger partial charge in [0.05, 0.1) is 5.69 Å².